The third kappa shape index (κ3) is 3.97. The molecule has 2 amide bonds. The maximum atomic E-state index is 12.9. The second-order valence-electron chi connectivity index (χ2n) is 8.74. The van der Waals surface area contributed by atoms with Crippen LogP contribution in [0.2, 0.25) is 0 Å². The highest BCUT2D eigenvalue weighted by atomic mass is 16.5. The van der Waals surface area contributed by atoms with E-state index < -0.39 is 0 Å². The minimum atomic E-state index is -0.377. The largest absolute Gasteiger partial charge is 0.488 e. The first-order valence-corrected chi connectivity index (χ1v) is 11.4. The molecule has 0 aliphatic carbocycles. The Balaban J connectivity index is 1.43. The zero-order valence-electron chi connectivity index (χ0n) is 19.3. The Bertz CT molecular complexity index is 1310. The van der Waals surface area contributed by atoms with E-state index in [1.54, 1.807) is 44.7 Å². The average molecular weight is 466 g/mol. The van der Waals surface area contributed by atoms with Gasteiger partial charge < -0.3 is 19.4 Å². The number of piperidine rings is 1. The number of anilines is 2. The van der Waals surface area contributed by atoms with Gasteiger partial charge in [0.05, 0.1) is 12.1 Å². The van der Waals surface area contributed by atoms with Gasteiger partial charge in [0.25, 0.3) is 5.91 Å². The Morgan fingerprint density at radius 3 is 2.68 bits per heavy atom. The standard InChI is InChI=1S/C23H27N7O4/c1-26(2)20(31)15-30-23(33)29-9-6-17(13-19(29)25-30)28-10-11-34-18-12-16(14-24-21(18)28)22(32)27-7-4-3-5-8-27/h6,9,12-14H,3-5,7-8,10-11,15H2,1-2H3. The quantitative estimate of drug-likeness (QED) is 0.569. The number of hydrogen-bond acceptors (Lipinski definition) is 7. The highest BCUT2D eigenvalue weighted by Crippen LogP contribution is 2.35. The average Bonchev–Trinajstić information content (AvgIpc) is 3.17. The number of fused-ring (bicyclic) bond motifs is 2. The zero-order valence-corrected chi connectivity index (χ0v) is 19.3. The molecule has 0 radical (unpaired) electrons. The van der Waals surface area contributed by atoms with Crippen molar-refractivity contribution in [2.75, 3.05) is 45.2 Å². The predicted octanol–water partition coefficient (Wildman–Crippen LogP) is 1.14. The van der Waals surface area contributed by atoms with E-state index in [1.807, 2.05) is 9.80 Å². The summed E-state index contributed by atoms with van der Waals surface area (Å²) in [5.41, 5.74) is 1.36. The van der Waals surface area contributed by atoms with Gasteiger partial charge in [0.15, 0.2) is 17.2 Å². The molecule has 11 heteroatoms. The molecule has 5 rings (SSSR count). The van der Waals surface area contributed by atoms with Crippen molar-refractivity contribution < 1.29 is 14.3 Å². The van der Waals surface area contributed by atoms with Crippen LogP contribution >= 0.6 is 0 Å². The number of rotatable bonds is 4. The van der Waals surface area contributed by atoms with Gasteiger partial charge in [-0.15, -0.1) is 5.10 Å². The summed E-state index contributed by atoms with van der Waals surface area (Å²) in [4.78, 5) is 47.4. The topological polar surface area (TPSA) is 105 Å². The number of carbonyl (C=O) groups is 2. The van der Waals surface area contributed by atoms with E-state index in [1.165, 1.54) is 9.30 Å². The lowest BCUT2D eigenvalue weighted by molar-refractivity contribution is -0.129. The van der Waals surface area contributed by atoms with Gasteiger partial charge in [-0.3, -0.25) is 14.0 Å². The molecular weight excluding hydrogens is 438 g/mol. The van der Waals surface area contributed by atoms with Gasteiger partial charge in [-0.1, -0.05) is 0 Å². The second kappa shape index (κ2) is 8.81. The van der Waals surface area contributed by atoms with Crippen LogP contribution in [0.1, 0.15) is 29.6 Å². The number of aromatic nitrogens is 4. The Morgan fingerprint density at radius 1 is 1.12 bits per heavy atom. The van der Waals surface area contributed by atoms with Crippen molar-refractivity contribution in [3.63, 3.8) is 0 Å². The number of hydrogen-bond donors (Lipinski definition) is 0. The summed E-state index contributed by atoms with van der Waals surface area (Å²) in [5.74, 6) is 0.921. The molecule has 0 N–H and O–H groups in total. The maximum Gasteiger partial charge on any atom is 0.350 e. The summed E-state index contributed by atoms with van der Waals surface area (Å²) in [6.07, 6.45) is 6.45. The van der Waals surface area contributed by atoms with E-state index >= 15 is 0 Å². The molecule has 34 heavy (non-hydrogen) atoms. The number of carbonyl (C=O) groups excluding carboxylic acids is 2. The van der Waals surface area contributed by atoms with Gasteiger partial charge in [0.2, 0.25) is 5.91 Å². The monoisotopic (exact) mass is 465 g/mol. The Morgan fingerprint density at radius 2 is 1.91 bits per heavy atom. The Kier molecular flexibility index (Phi) is 5.68. The van der Waals surface area contributed by atoms with Crippen molar-refractivity contribution in [1.29, 1.82) is 0 Å². The molecule has 0 saturated carbocycles. The van der Waals surface area contributed by atoms with E-state index in [2.05, 4.69) is 10.1 Å². The van der Waals surface area contributed by atoms with Crippen molar-refractivity contribution in [1.82, 2.24) is 29.0 Å². The highest BCUT2D eigenvalue weighted by molar-refractivity contribution is 5.95. The first kappa shape index (κ1) is 21.9. The van der Waals surface area contributed by atoms with Crippen LogP contribution in [-0.4, -0.2) is 81.1 Å². The fourth-order valence-corrected chi connectivity index (χ4v) is 4.29. The number of ether oxygens (including phenoxy) is 1. The van der Waals surface area contributed by atoms with E-state index in [0.717, 1.165) is 42.7 Å². The fraction of sp³-hybridized carbons (Fsp3) is 0.435. The highest BCUT2D eigenvalue weighted by Gasteiger charge is 2.25. The Labute approximate surface area is 196 Å². The molecule has 1 fully saturated rings. The second-order valence-corrected chi connectivity index (χ2v) is 8.74. The lowest BCUT2D eigenvalue weighted by atomic mass is 10.1. The summed E-state index contributed by atoms with van der Waals surface area (Å²) in [5, 5.41) is 4.33. The number of nitrogens with zero attached hydrogens (tertiary/aromatic N) is 7. The summed E-state index contributed by atoms with van der Waals surface area (Å²) in [6, 6.07) is 5.34. The molecule has 0 atom stereocenters. The summed E-state index contributed by atoms with van der Waals surface area (Å²) < 4.78 is 8.40. The number of likely N-dealkylation sites (tertiary alicyclic amines) is 1. The van der Waals surface area contributed by atoms with Crippen molar-refractivity contribution >= 4 is 29.0 Å². The fourth-order valence-electron chi connectivity index (χ4n) is 4.29. The zero-order chi connectivity index (χ0) is 23.8. The third-order valence-electron chi connectivity index (χ3n) is 6.21. The van der Waals surface area contributed by atoms with E-state index in [4.69, 9.17) is 4.74 Å². The molecule has 2 aliphatic heterocycles. The number of likely N-dealkylation sites (N-methyl/N-ethyl adjacent to an activating group) is 1. The molecule has 11 nitrogen and oxygen atoms in total. The van der Waals surface area contributed by atoms with E-state index in [9.17, 15) is 14.4 Å². The molecule has 2 aliphatic rings. The molecule has 3 aromatic heterocycles. The van der Waals surface area contributed by atoms with E-state index in [0.29, 0.717) is 35.9 Å². The van der Waals surface area contributed by atoms with Crippen molar-refractivity contribution in [2.45, 2.75) is 25.8 Å². The van der Waals surface area contributed by atoms with Gasteiger partial charge in [0, 0.05) is 51.3 Å². The first-order valence-electron chi connectivity index (χ1n) is 11.4. The van der Waals surface area contributed by atoms with Gasteiger partial charge in [-0.25, -0.2) is 14.5 Å². The molecular formula is C23H27N7O4. The first-order chi connectivity index (χ1) is 16.4. The normalized spacial score (nSPS) is 15.7. The van der Waals surface area contributed by atoms with Crippen LogP contribution < -0.4 is 15.3 Å². The van der Waals surface area contributed by atoms with Crippen molar-refractivity contribution in [3.05, 3.63) is 46.6 Å². The van der Waals surface area contributed by atoms with Crippen LogP contribution in [0.4, 0.5) is 11.5 Å². The van der Waals surface area contributed by atoms with Crippen molar-refractivity contribution in [2.24, 2.45) is 0 Å². The Hall–Kier alpha value is -3.89. The molecule has 0 aromatic carbocycles. The van der Waals surface area contributed by atoms with Crippen LogP contribution in [0.25, 0.3) is 5.65 Å². The van der Waals surface area contributed by atoms with Gasteiger partial charge in [-0.05, 0) is 31.4 Å². The van der Waals surface area contributed by atoms with Gasteiger partial charge in [0.1, 0.15) is 13.2 Å². The minimum absolute atomic E-state index is 0.0191. The van der Waals surface area contributed by atoms with E-state index in [-0.39, 0.29) is 24.0 Å². The smallest absolute Gasteiger partial charge is 0.350 e. The summed E-state index contributed by atoms with van der Waals surface area (Å²) >= 11 is 0. The summed E-state index contributed by atoms with van der Waals surface area (Å²) in [6.45, 7) is 2.40. The maximum absolute atomic E-state index is 12.9. The predicted molar refractivity (Wildman–Crippen MR) is 125 cm³/mol. The van der Waals surface area contributed by atoms with Crippen LogP contribution in [0.15, 0.2) is 35.4 Å². The van der Waals surface area contributed by atoms with Crippen LogP contribution in [-0.2, 0) is 11.3 Å². The lowest BCUT2D eigenvalue weighted by Crippen LogP contribution is -2.36. The van der Waals surface area contributed by atoms with Crippen LogP contribution in [0, 0.1) is 0 Å². The van der Waals surface area contributed by atoms with Gasteiger partial charge in [-0.2, -0.15) is 0 Å². The summed E-state index contributed by atoms with van der Waals surface area (Å²) in [7, 11) is 3.27. The van der Waals surface area contributed by atoms with Gasteiger partial charge >= 0.3 is 5.69 Å². The minimum Gasteiger partial charge on any atom is -0.488 e. The molecule has 0 bridgehead atoms. The molecule has 5 heterocycles. The van der Waals surface area contributed by atoms with Crippen LogP contribution in [0.3, 0.4) is 0 Å². The lowest BCUT2D eigenvalue weighted by Gasteiger charge is -2.31. The molecule has 0 spiro atoms. The molecule has 1 saturated heterocycles. The molecule has 3 aromatic rings. The molecule has 0 unspecified atom stereocenters. The molecule has 178 valence electrons. The van der Waals surface area contributed by atoms with Crippen molar-refractivity contribution in [3.8, 4) is 5.75 Å². The van der Waals surface area contributed by atoms with Crippen LogP contribution in [0.5, 0.6) is 5.75 Å². The number of amides is 2. The number of pyridine rings is 2. The third-order valence-corrected chi connectivity index (χ3v) is 6.21. The SMILES string of the molecule is CN(C)C(=O)Cn1nc2cc(N3CCOc4cc(C(=O)N5CCCCC5)cnc43)ccn2c1=O.